The van der Waals surface area contributed by atoms with E-state index in [1.165, 1.54) is 0 Å². The largest absolute Gasteiger partial charge is 0.480 e. The minimum Gasteiger partial charge on any atom is -0.480 e. The van der Waals surface area contributed by atoms with Gasteiger partial charge in [0.15, 0.2) is 0 Å². The molecule has 1 unspecified atom stereocenters. The third-order valence-corrected chi connectivity index (χ3v) is 2.49. The predicted molar refractivity (Wildman–Crippen MR) is 63.6 cm³/mol. The summed E-state index contributed by atoms with van der Waals surface area (Å²) in [4.78, 5) is 32.5. The second-order valence-electron chi connectivity index (χ2n) is 4.11. The second-order valence-corrected chi connectivity index (χ2v) is 4.11. The van der Waals surface area contributed by atoms with E-state index in [1.807, 2.05) is 5.32 Å². The molecule has 1 rings (SSSR count). The van der Waals surface area contributed by atoms with Crippen molar-refractivity contribution in [3.05, 3.63) is 0 Å². The fraction of sp³-hybridized carbons (Fsp3) is 0.727. The normalized spacial score (nSPS) is 18.0. The highest BCUT2D eigenvalue weighted by Crippen LogP contribution is 2.14. The number of carboxylic acid groups (broad SMARTS) is 1. The molecule has 8 nitrogen and oxygen atoms in total. The van der Waals surface area contributed by atoms with Gasteiger partial charge < -0.3 is 19.9 Å². The summed E-state index contributed by atoms with van der Waals surface area (Å²) in [5.74, 6) is -1.86. The Kier molecular flexibility index (Phi) is 6.83. The number of hydrogen-bond acceptors (Lipinski definition) is 5. The highest BCUT2D eigenvalue weighted by molar-refractivity contribution is 5.94. The van der Waals surface area contributed by atoms with Gasteiger partial charge in [-0.2, -0.15) is 0 Å². The first kappa shape index (κ1) is 15.4. The summed E-state index contributed by atoms with van der Waals surface area (Å²) in [5, 5.41) is 12.8. The van der Waals surface area contributed by atoms with Gasteiger partial charge in [-0.05, 0) is 19.3 Å². The Morgan fingerprint density at radius 3 is 2.74 bits per heavy atom. The molecule has 0 radical (unpaired) electrons. The summed E-state index contributed by atoms with van der Waals surface area (Å²) in [6, 6.07) is -0.623. The lowest BCUT2D eigenvalue weighted by molar-refractivity contribution is -0.143. The van der Waals surface area contributed by atoms with Crippen molar-refractivity contribution in [2.75, 3.05) is 26.4 Å². The number of imide groups is 1. The van der Waals surface area contributed by atoms with Gasteiger partial charge in [0.2, 0.25) is 0 Å². The number of nitrogens with one attached hydrogen (secondary N) is 2. The van der Waals surface area contributed by atoms with E-state index < -0.39 is 31.1 Å². The Morgan fingerprint density at radius 1 is 1.32 bits per heavy atom. The second kappa shape index (κ2) is 8.44. The van der Waals surface area contributed by atoms with Gasteiger partial charge in [0.05, 0.1) is 6.10 Å². The average Bonchev–Trinajstić information content (AvgIpc) is 2.81. The summed E-state index contributed by atoms with van der Waals surface area (Å²) in [7, 11) is 0. The van der Waals surface area contributed by atoms with Crippen LogP contribution in [-0.4, -0.2) is 55.5 Å². The number of aliphatic carboxylic acids is 1. The number of carbonyl (C=O) groups is 3. The minimum absolute atomic E-state index is 0.176. The first-order valence-electron chi connectivity index (χ1n) is 6.06. The number of amides is 3. The summed E-state index contributed by atoms with van der Waals surface area (Å²) < 4.78 is 9.91. The summed E-state index contributed by atoms with van der Waals surface area (Å²) in [5.41, 5.74) is 0. The molecule has 3 amide bonds. The van der Waals surface area contributed by atoms with Gasteiger partial charge in [-0.25, -0.2) is 9.59 Å². The molecule has 0 aromatic carbocycles. The molecule has 0 saturated carbocycles. The van der Waals surface area contributed by atoms with E-state index in [1.54, 1.807) is 0 Å². The molecule has 1 heterocycles. The quantitative estimate of drug-likeness (QED) is 0.575. The first-order valence-corrected chi connectivity index (χ1v) is 6.06. The third kappa shape index (κ3) is 7.37. The van der Waals surface area contributed by atoms with Gasteiger partial charge in [0, 0.05) is 13.2 Å². The molecule has 0 spiro atoms. The Hall–Kier alpha value is -1.67. The number of rotatable bonds is 7. The molecule has 19 heavy (non-hydrogen) atoms. The SMILES string of the molecule is O=C(O)COCC(=O)NC(=O)NCCC1CCCO1. The molecule has 3 N–H and O–H groups in total. The van der Waals surface area contributed by atoms with Crippen LogP contribution >= 0.6 is 0 Å². The van der Waals surface area contributed by atoms with Crippen molar-refractivity contribution in [1.29, 1.82) is 0 Å². The van der Waals surface area contributed by atoms with Gasteiger partial charge >= 0.3 is 12.0 Å². The number of ether oxygens (including phenoxy) is 2. The molecule has 108 valence electrons. The van der Waals surface area contributed by atoms with Crippen molar-refractivity contribution >= 4 is 17.9 Å². The number of carbonyl (C=O) groups excluding carboxylic acids is 2. The molecular weight excluding hydrogens is 256 g/mol. The van der Waals surface area contributed by atoms with Crippen molar-refractivity contribution in [2.24, 2.45) is 0 Å². The van der Waals surface area contributed by atoms with E-state index in [-0.39, 0.29) is 6.10 Å². The average molecular weight is 274 g/mol. The van der Waals surface area contributed by atoms with Crippen molar-refractivity contribution in [3.63, 3.8) is 0 Å². The van der Waals surface area contributed by atoms with Crippen LogP contribution in [0.2, 0.25) is 0 Å². The molecular formula is C11H18N2O6. The van der Waals surface area contributed by atoms with Crippen LogP contribution in [0.25, 0.3) is 0 Å². The molecule has 1 aliphatic rings. The third-order valence-electron chi connectivity index (χ3n) is 2.49. The minimum atomic E-state index is -1.17. The van der Waals surface area contributed by atoms with Crippen molar-refractivity contribution in [3.8, 4) is 0 Å². The van der Waals surface area contributed by atoms with Crippen molar-refractivity contribution in [2.45, 2.75) is 25.4 Å². The maximum atomic E-state index is 11.3. The molecule has 1 saturated heterocycles. The standard InChI is InChI=1S/C11H18N2O6/c14-9(6-18-7-10(15)16)13-11(17)12-4-3-8-2-1-5-19-8/h8H,1-7H2,(H,15,16)(H2,12,13,14,17). The van der Waals surface area contributed by atoms with Gasteiger partial charge in [0.1, 0.15) is 13.2 Å². The Bertz CT molecular complexity index is 327. The van der Waals surface area contributed by atoms with E-state index in [0.717, 1.165) is 19.4 Å². The summed E-state index contributed by atoms with van der Waals surface area (Å²) in [6.45, 7) is 0.134. The lowest BCUT2D eigenvalue weighted by Crippen LogP contribution is -2.42. The highest BCUT2D eigenvalue weighted by Gasteiger charge is 2.15. The fourth-order valence-corrected chi connectivity index (χ4v) is 1.66. The van der Waals surface area contributed by atoms with Crippen LogP contribution in [0.4, 0.5) is 4.79 Å². The Balaban J connectivity index is 2.02. The fourth-order valence-electron chi connectivity index (χ4n) is 1.66. The van der Waals surface area contributed by atoms with Crippen LogP contribution in [0.5, 0.6) is 0 Å². The smallest absolute Gasteiger partial charge is 0.329 e. The monoisotopic (exact) mass is 274 g/mol. The maximum absolute atomic E-state index is 11.3. The highest BCUT2D eigenvalue weighted by atomic mass is 16.5. The molecule has 0 bridgehead atoms. The van der Waals surface area contributed by atoms with E-state index in [2.05, 4.69) is 10.1 Å². The molecule has 1 fully saturated rings. The lowest BCUT2D eigenvalue weighted by atomic mass is 10.2. The maximum Gasteiger partial charge on any atom is 0.329 e. The molecule has 0 aromatic rings. The zero-order valence-electron chi connectivity index (χ0n) is 10.5. The van der Waals surface area contributed by atoms with Crippen LogP contribution in [0.1, 0.15) is 19.3 Å². The molecule has 8 heteroatoms. The van der Waals surface area contributed by atoms with Crippen LogP contribution in [0, 0.1) is 0 Å². The van der Waals surface area contributed by atoms with Gasteiger partial charge in [0.25, 0.3) is 5.91 Å². The molecule has 1 atom stereocenters. The van der Waals surface area contributed by atoms with Gasteiger partial charge in [-0.15, -0.1) is 0 Å². The van der Waals surface area contributed by atoms with Crippen molar-refractivity contribution in [1.82, 2.24) is 10.6 Å². The Morgan fingerprint density at radius 2 is 2.11 bits per heavy atom. The number of carboxylic acids is 1. The van der Waals surface area contributed by atoms with Gasteiger partial charge in [-0.3, -0.25) is 10.1 Å². The predicted octanol–water partition coefficient (Wildman–Crippen LogP) is -0.517. The zero-order valence-corrected chi connectivity index (χ0v) is 10.5. The van der Waals surface area contributed by atoms with Gasteiger partial charge in [-0.1, -0.05) is 0 Å². The van der Waals surface area contributed by atoms with Crippen LogP contribution in [-0.2, 0) is 19.1 Å². The zero-order chi connectivity index (χ0) is 14.1. The van der Waals surface area contributed by atoms with E-state index in [4.69, 9.17) is 9.84 Å². The van der Waals surface area contributed by atoms with E-state index >= 15 is 0 Å². The van der Waals surface area contributed by atoms with Crippen LogP contribution in [0.3, 0.4) is 0 Å². The topological polar surface area (TPSA) is 114 Å². The molecule has 1 aliphatic heterocycles. The molecule has 0 aromatic heterocycles. The first-order chi connectivity index (χ1) is 9.08. The van der Waals surface area contributed by atoms with Crippen LogP contribution < -0.4 is 10.6 Å². The van der Waals surface area contributed by atoms with E-state index in [9.17, 15) is 14.4 Å². The summed E-state index contributed by atoms with van der Waals surface area (Å²) in [6.07, 6.45) is 2.91. The molecule has 0 aliphatic carbocycles. The lowest BCUT2D eigenvalue weighted by Gasteiger charge is -2.10. The Labute approximate surface area is 110 Å². The van der Waals surface area contributed by atoms with Crippen LogP contribution in [0.15, 0.2) is 0 Å². The summed E-state index contributed by atoms with van der Waals surface area (Å²) >= 11 is 0. The number of urea groups is 1. The number of hydrogen-bond donors (Lipinski definition) is 3. The van der Waals surface area contributed by atoms with Crippen molar-refractivity contribution < 1.29 is 29.0 Å². The van der Waals surface area contributed by atoms with E-state index in [0.29, 0.717) is 13.0 Å².